The lowest BCUT2D eigenvalue weighted by Gasteiger charge is -2.16. The molecule has 6 heteroatoms. The molecule has 0 aliphatic rings. The summed E-state index contributed by atoms with van der Waals surface area (Å²) in [6.07, 6.45) is -4.97. The summed E-state index contributed by atoms with van der Waals surface area (Å²) in [6.45, 7) is 3.32. The average molecular weight is 242 g/mol. The minimum atomic E-state index is -4.26. The van der Waals surface area contributed by atoms with Crippen LogP contribution in [0.3, 0.4) is 0 Å². The Labute approximate surface area is 94.9 Å². The third-order valence-corrected chi connectivity index (χ3v) is 2.07. The van der Waals surface area contributed by atoms with E-state index in [0.717, 1.165) is 26.4 Å². The van der Waals surface area contributed by atoms with Crippen LogP contribution in [0.2, 0.25) is 0 Å². The zero-order valence-corrected chi connectivity index (χ0v) is 10.1. The first-order chi connectivity index (χ1) is 7.34. The van der Waals surface area contributed by atoms with Crippen molar-refractivity contribution in [3.63, 3.8) is 0 Å². The molecule has 1 N–H and O–H groups in total. The van der Waals surface area contributed by atoms with E-state index in [4.69, 9.17) is 0 Å². The van der Waals surface area contributed by atoms with Crippen LogP contribution >= 0.6 is 0 Å². The topological polar surface area (TPSA) is 24.5 Å². The van der Waals surface area contributed by atoms with Crippen molar-refractivity contribution in [1.29, 1.82) is 0 Å². The van der Waals surface area contributed by atoms with Gasteiger partial charge in [0.15, 0.2) is 6.10 Å². The minimum Gasteiger partial charge on any atom is -0.368 e. The second-order valence-electron chi connectivity index (χ2n) is 3.96. The summed E-state index contributed by atoms with van der Waals surface area (Å²) in [5.74, 6) is 0. The van der Waals surface area contributed by atoms with Gasteiger partial charge in [-0.05, 0) is 40.5 Å². The van der Waals surface area contributed by atoms with Crippen molar-refractivity contribution in [2.45, 2.75) is 25.6 Å². The van der Waals surface area contributed by atoms with E-state index in [1.54, 1.807) is 0 Å². The van der Waals surface area contributed by atoms with Gasteiger partial charge in [0.1, 0.15) is 0 Å². The van der Waals surface area contributed by atoms with Gasteiger partial charge in [-0.25, -0.2) is 0 Å². The lowest BCUT2D eigenvalue weighted by molar-refractivity contribution is -0.213. The lowest BCUT2D eigenvalue weighted by Crippen LogP contribution is -2.32. The van der Waals surface area contributed by atoms with Gasteiger partial charge in [0.05, 0.1) is 6.61 Å². The summed E-state index contributed by atoms with van der Waals surface area (Å²) in [6, 6.07) is 0. The van der Waals surface area contributed by atoms with E-state index in [1.165, 1.54) is 0 Å². The molecule has 0 saturated heterocycles. The van der Waals surface area contributed by atoms with E-state index < -0.39 is 12.3 Å². The predicted molar refractivity (Wildman–Crippen MR) is 57.5 cm³/mol. The van der Waals surface area contributed by atoms with Crippen LogP contribution in [-0.2, 0) is 4.74 Å². The number of alkyl halides is 3. The number of halogens is 3. The fourth-order valence-electron chi connectivity index (χ4n) is 1.05. The Morgan fingerprint density at radius 1 is 1.25 bits per heavy atom. The second kappa shape index (κ2) is 7.86. The molecule has 0 rings (SSSR count). The number of hydrogen-bond acceptors (Lipinski definition) is 3. The first kappa shape index (κ1) is 15.7. The van der Waals surface area contributed by atoms with Crippen molar-refractivity contribution in [3.8, 4) is 0 Å². The molecule has 0 bridgehead atoms. The molecule has 0 aliphatic carbocycles. The van der Waals surface area contributed by atoms with Gasteiger partial charge < -0.3 is 15.0 Å². The molecule has 1 atom stereocenters. The molecule has 0 spiro atoms. The van der Waals surface area contributed by atoms with Gasteiger partial charge in [-0.15, -0.1) is 0 Å². The third-order valence-electron chi connectivity index (χ3n) is 2.07. The van der Waals surface area contributed by atoms with Gasteiger partial charge in [-0.2, -0.15) is 13.2 Å². The molecule has 16 heavy (non-hydrogen) atoms. The molecular weight excluding hydrogens is 221 g/mol. The number of rotatable bonds is 8. The van der Waals surface area contributed by atoms with Crippen LogP contribution in [0.4, 0.5) is 13.2 Å². The molecule has 0 aromatic heterocycles. The van der Waals surface area contributed by atoms with Gasteiger partial charge in [-0.1, -0.05) is 0 Å². The van der Waals surface area contributed by atoms with Gasteiger partial charge >= 0.3 is 6.18 Å². The predicted octanol–water partition coefficient (Wildman–Crippen LogP) is 1.50. The highest BCUT2D eigenvalue weighted by molar-refractivity contribution is 4.61. The first-order valence-corrected chi connectivity index (χ1v) is 5.38. The normalized spacial score (nSPS) is 14.4. The standard InChI is InChI=1S/C10H21F3N2O/c1-9(10(11,12)13)16-8-6-14-5-4-7-15(2)3/h9,14H,4-8H2,1-3H3. The molecule has 1 unspecified atom stereocenters. The Morgan fingerprint density at radius 2 is 1.88 bits per heavy atom. The van der Waals surface area contributed by atoms with E-state index in [-0.39, 0.29) is 6.61 Å². The number of nitrogens with one attached hydrogen (secondary N) is 1. The van der Waals surface area contributed by atoms with Crippen molar-refractivity contribution in [1.82, 2.24) is 10.2 Å². The molecule has 0 aliphatic heterocycles. The zero-order chi connectivity index (χ0) is 12.6. The SMILES string of the molecule is CC(OCCNCCCN(C)C)C(F)(F)F. The van der Waals surface area contributed by atoms with E-state index in [1.807, 2.05) is 14.1 Å². The van der Waals surface area contributed by atoms with Gasteiger partial charge in [0.2, 0.25) is 0 Å². The van der Waals surface area contributed by atoms with E-state index in [9.17, 15) is 13.2 Å². The quantitative estimate of drug-likeness (QED) is 0.653. The third kappa shape index (κ3) is 8.94. The molecule has 0 saturated carbocycles. The largest absolute Gasteiger partial charge is 0.414 e. The number of hydrogen-bond donors (Lipinski definition) is 1. The van der Waals surface area contributed by atoms with Crippen LogP contribution < -0.4 is 5.32 Å². The Balaban J connectivity index is 3.28. The summed E-state index contributed by atoms with van der Waals surface area (Å²) in [4.78, 5) is 2.06. The van der Waals surface area contributed by atoms with Crippen molar-refractivity contribution in [2.75, 3.05) is 40.3 Å². The van der Waals surface area contributed by atoms with Crippen molar-refractivity contribution < 1.29 is 17.9 Å². The van der Waals surface area contributed by atoms with Gasteiger partial charge in [0.25, 0.3) is 0 Å². The molecule has 0 radical (unpaired) electrons. The second-order valence-corrected chi connectivity index (χ2v) is 3.96. The van der Waals surface area contributed by atoms with Crippen LogP contribution in [0.25, 0.3) is 0 Å². The number of nitrogens with zero attached hydrogens (tertiary/aromatic N) is 1. The van der Waals surface area contributed by atoms with E-state index in [2.05, 4.69) is 15.0 Å². The maximum Gasteiger partial charge on any atom is 0.414 e. The van der Waals surface area contributed by atoms with Crippen molar-refractivity contribution in [2.24, 2.45) is 0 Å². The molecule has 98 valence electrons. The molecule has 0 fully saturated rings. The van der Waals surface area contributed by atoms with Crippen molar-refractivity contribution >= 4 is 0 Å². The summed E-state index contributed by atoms with van der Waals surface area (Å²) in [5, 5.41) is 3.03. The zero-order valence-electron chi connectivity index (χ0n) is 10.1. The Bertz CT molecular complexity index is 174. The summed E-state index contributed by atoms with van der Waals surface area (Å²) >= 11 is 0. The monoisotopic (exact) mass is 242 g/mol. The van der Waals surface area contributed by atoms with E-state index >= 15 is 0 Å². The average Bonchev–Trinajstić information content (AvgIpc) is 2.14. The Kier molecular flexibility index (Phi) is 7.70. The van der Waals surface area contributed by atoms with E-state index in [0.29, 0.717) is 6.54 Å². The van der Waals surface area contributed by atoms with Crippen molar-refractivity contribution in [3.05, 3.63) is 0 Å². The maximum absolute atomic E-state index is 12.0. The maximum atomic E-state index is 12.0. The Hall–Kier alpha value is -0.330. The van der Waals surface area contributed by atoms with Gasteiger partial charge in [-0.3, -0.25) is 0 Å². The fraction of sp³-hybridized carbons (Fsp3) is 1.00. The first-order valence-electron chi connectivity index (χ1n) is 5.38. The highest BCUT2D eigenvalue weighted by Gasteiger charge is 2.36. The molecule has 0 aromatic rings. The highest BCUT2D eigenvalue weighted by Crippen LogP contribution is 2.21. The smallest absolute Gasteiger partial charge is 0.368 e. The van der Waals surface area contributed by atoms with Crippen LogP contribution in [0.5, 0.6) is 0 Å². The molecule has 0 amide bonds. The Morgan fingerprint density at radius 3 is 2.38 bits per heavy atom. The van der Waals surface area contributed by atoms with Crippen LogP contribution in [0.15, 0.2) is 0 Å². The molecule has 0 aromatic carbocycles. The summed E-state index contributed by atoms with van der Waals surface area (Å²) in [7, 11) is 3.96. The molecule has 0 heterocycles. The molecular formula is C10H21F3N2O. The van der Waals surface area contributed by atoms with Crippen LogP contribution in [0, 0.1) is 0 Å². The minimum absolute atomic E-state index is 0.0860. The summed E-state index contributed by atoms with van der Waals surface area (Å²) < 4.78 is 40.7. The van der Waals surface area contributed by atoms with Crippen LogP contribution in [0.1, 0.15) is 13.3 Å². The summed E-state index contributed by atoms with van der Waals surface area (Å²) in [5.41, 5.74) is 0. The van der Waals surface area contributed by atoms with Gasteiger partial charge in [0, 0.05) is 6.54 Å². The number of ether oxygens (including phenoxy) is 1. The lowest BCUT2D eigenvalue weighted by atomic mass is 10.4. The molecule has 3 nitrogen and oxygen atoms in total. The fourth-order valence-corrected chi connectivity index (χ4v) is 1.05. The highest BCUT2D eigenvalue weighted by atomic mass is 19.4. The van der Waals surface area contributed by atoms with Crippen LogP contribution in [-0.4, -0.2) is 57.5 Å².